The standard InChI is InChI=1S/C9H15N3O/c1-3-8(13)6-11-9-10-5-4-7(2)12-9/h4-5,8,13H,3,6H2,1-2H3,(H,10,11,12). The lowest BCUT2D eigenvalue weighted by Gasteiger charge is -2.08. The van der Waals surface area contributed by atoms with Crippen molar-refractivity contribution in [2.75, 3.05) is 11.9 Å². The number of nitrogens with one attached hydrogen (secondary N) is 1. The normalized spacial score (nSPS) is 12.5. The van der Waals surface area contributed by atoms with Gasteiger partial charge in [-0.3, -0.25) is 0 Å². The molecule has 0 aliphatic rings. The van der Waals surface area contributed by atoms with Crippen LogP contribution in [0.15, 0.2) is 12.3 Å². The Morgan fingerprint density at radius 2 is 2.38 bits per heavy atom. The summed E-state index contributed by atoms with van der Waals surface area (Å²) in [6.07, 6.45) is 2.10. The van der Waals surface area contributed by atoms with Crippen LogP contribution in [0.5, 0.6) is 0 Å². The summed E-state index contributed by atoms with van der Waals surface area (Å²) >= 11 is 0. The molecule has 72 valence electrons. The lowest BCUT2D eigenvalue weighted by atomic mass is 10.3. The van der Waals surface area contributed by atoms with E-state index in [4.69, 9.17) is 0 Å². The highest BCUT2D eigenvalue weighted by Gasteiger charge is 2.01. The number of aliphatic hydroxyl groups is 1. The van der Waals surface area contributed by atoms with Gasteiger partial charge in [-0.15, -0.1) is 0 Å². The maximum Gasteiger partial charge on any atom is 0.222 e. The van der Waals surface area contributed by atoms with Crippen molar-refractivity contribution in [1.82, 2.24) is 9.97 Å². The van der Waals surface area contributed by atoms with Crippen LogP contribution in [0.2, 0.25) is 0 Å². The summed E-state index contributed by atoms with van der Waals surface area (Å²) in [5.74, 6) is 0.576. The van der Waals surface area contributed by atoms with Crippen LogP contribution < -0.4 is 5.32 Å². The summed E-state index contributed by atoms with van der Waals surface area (Å²) in [6.45, 7) is 4.34. The molecule has 1 unspecified atom stereocenters. The molecule has 1 aromatic rings. The third-order valence-corrected chi connectivity index (χ3v) is 1.76. The average Bonchev–Trinajstić information content (AvgIpc) is 2.14. The number of aryl methyl sites for hydroxylation is 1. The first-order valence-corrected chi connectivity index (χ1v) is 4.44. The summed E-state index contributed by atoms with van der Waals surface area (Å²) in [7, 11) is 0. The van der Waals surface area contributed by atoms with Crippen molar-refractivity contribution < 1.29 is 5.11 Å². The molecule has 1 heterocycles. The summed E-state index contributed by atoms with van der Waals surface area (Å²) in [5, 5.41) is 12.2. The molecule has 0 aromatic carbocycles. The van der Waals surface area contributed by atoms with Crippen molar-refractivity contribution in [3.8, 4) is 0 Å². The van der Waals surface area contributed by atoms with E-state index >= 15 is 0 Å². The molecule has 4 nitrogen and oxygen atoms in total. The van der Waals surface area contributed by atoms with Gasteiger partial charge in [0.05, 0.1) is 6.10 Å². The highest BCUT2D eigenvalue weighted by atomic mass is 16.3. The summed E-state index contributed by atoms with van der Waals surface area (Å²) in [5.41, 5.74) is 0.920. The molecular formula is C9H15N3O. The largest absolute Gasteiger partial charge is 0.391 e. The second-order valence-electron chi connectivity index (χ2n) is 2.96. The Hall–Kier alpha value is -1.16. The molecular weight excluding hydrogens is 166 g/mol. The fraction of sp³-hybridized carbons (Fsp3) is 0.556. The first-order valence-electron chi connectivity index (χ1n) is 4.44. The van der Waals surface area contributed by atoms with Crippen LogP contribution >= 0.6 is 0 Å². The third kappa shape index (κ3) is 3.38. The molecule has 13 heavy (non-hydrogen) atoms. The number of rotatable bonds is 4. The van der Waals surface area contributed by atoms with E-state index < -0.39 is 0 Å². The Balaban J connectivity index is 2.45. The Morgan fingerprint density at radius 1 is 1.62 bits per heavy atom. The number of aliphatic hydroxyl groups excluding tert-OH is 1. The minimum Gasteiger partial charge on any atom is -0.391 e. The molecule has 0 aliphatic heterocycles. The minimum absolute atomic E-state index is 0.330. The first kappa shape index (κ1) is 9.92. The monoisotopic (exact) mass is 181 g/mol. The van der Waals surface area contributed by atoms with Crippen molar-refractivity contribution in [3.05, 3.63) is 18.0 Å². The lowest BCUT2D eigenvalue weighted by molar-refractivity contribution is 0.183. The molecule has 0 bridgehead atoms. The molecule has 0 fully saturated rings. The summed E-state index contributed by atoms with van der Waals surface area (Å²) in [4.78, 5) is 8.16. The second kappa shape index (κ2) is 4.77. The zero-order valence-corrected chi connectivity index (χ0v) is 7.99. The highest BCUT2D eigenvalue weighted by Crippen LogP contribution is 1.99. The van der Waals surface area contributed by atoms with E-state index in [1.165, 1.54) is 0 Å². The van der Waals surface area contributed by atoms with E-state index in [0.717, 1.165) is 12.1 Å². The Morgan fingerprint density at radius 3 is 3.00 bits per heavy atom. The Labute approximate surface area is 78.0 Å². The van der Waals surface area contributed by atoms with Crippen LogP contribution in [0.1, 0.15) is 19.0 Å². The van der Waals surface area contributed by atoms with E-state index in [2.05, 4.69) is 15.3 Å². The van der Waals surface area contributed by atoms with Gasteiger partial charge in [0, 0.05) is 18.4 Å². The molecule has 4 heteroatoms. The van der Waals surface area contributed by atoms with Crippen molar-refractivity contribution in [1.29, 1.82) is 0 Å². The van der Waals surface area contributed by atoms with E-state index in [0.29, 0.717) is 12.5 Å². The number of hydrogen-bond acceptors (Lipinski definition) is 4. The number of nitrogens with zero attached hydrogens (tertiary/aromatic N) is 2. The number of anilines is 1. The highest BCUT2D eigenvalue weighted by molar-refractivity contribution is 5.24. The zero-order chi connectivity index (χ0) is 9.68. The van der Waals surface area contributed by atoms with Crippen LogP contribution in [0.25, 0.3) is 0 Å². The third-order valence-electron chi connectivity index (χ3n) is 1.76. The van der Waals surface area contributed by atoms with Crippen LogP contribution in [-0.2, 0) is 0 Å². The Bertz CT molecular complexity index is 265. The van der Waals surface area contributed by atoms with E-state index in [1.807, 2.05) is 19.9 Å². The van der Waals surface area contributed by atoms with Gasteiger partial charge in [-0.05, 0) is 19.4 Å². The van der Waals surface area contributed by atoms with Gasteiger partial charge < -0.3 is 10.4 Å². The fourth-order valence-electron chi connectivity index (χ4n) is 0.888. The van der Waals surface area contributed by atoms with Crippen molar-refractivity contribution in [2.45, 2.75) is 26.4 Å². The molecule has 1 aromatic heterocycles. The molecule has 0 amide bonds. The van der Waals surface area contributed by atoms with Gasteiger partial charge in [0.2, 0.25) is 5.95 Å². The quantitative estimate of drug-likeness (QED) is 0.726. The van der Waals surface area contributed by atoms with Gasteiger partial charge in [-0.1, -0.05) is 6.92 Å². The van der Waals surface area contributed by atoms with Crippen LogP contribution in [-0.4, -0.2) is 27.7 Å². The Kier molecular flexibility index (Phi) is 3.64. The summed E-state index contributed by atoms with van der Waals surface area (Å²) < 4.78 is 0. The molecule has 0 saturated carbocycles. The predicted molar refractivity (Wildman–Crippen MR) is 51.6 cm³/mol. The van der Waals surface area contributed by atoms with Crippen LogP contribution in [0, 0.1) is 6.92 Å². The average molecular weight is 181 g/mol. The van der Waals surface area contributed by atoms with Gasteiger partial charge >= 0.3 is 0 Å². The molecule has 0 saturated heterocycles. The molecule has 0 aliphatic carbocycles. The fourth-order valence-corrected chi connectivity index (χ4v) is 0.888. The molecule has 1 rings (SSSR count). The lowest BCUT2D eigenvalue weighted by Crippen LogP contribution is -2.19. The first-order chi connectivity index (χ1) is 6.22. The van der Waals surface area contributed by atoms with E-state index in [-0.39, 0.29) is 6.10 Å². The predicted octanol–water partition coefficient (Wildman–Crippen LogP) is 0.968. The van der Waals surface area contributed by atoms with Crippen LogP contribution in [0.3, 0.4) is 0 Å². The smallest absolute Gasteiger partial charge is 0.222 e. The maximum absolute atomic E-state index is 9.27. The van der Waals surface area contributed by atoms with E-state index in [1.54, 1.807) is 6.20 Å². The van der Waals surface area contributed by atoms with Gasteiger partial charge in [0.1, 0.15) is 0 Å². The van der Waals surface area contributed by atoms with E-state index in [9.17, 15) is 5.11 Å². The number of aromatic nitrogens is 2. The van der Waals surface area contributed by atoms with Crippen molar-refractivity contribution in [3.63, 3.8) is 0 Å². The minimum atomic E-state index is -0.330. The SMILES string of the molecule is CCC(O)CNc1nccc(C)n1. The summed E-state index contributed by atoms with van der Waals surface area (Å²) in [6, 6.07) is 1.83. The zero-order valence-electron chi connectivity index (χ0n) is 7.99. The van der Waals surface area contributed by atoms with Gasteiger partial charge in [-0.25, -0.2) is 9.97 Å². The van der Waals surface area contributed by atoms with Crippen molar-refractivity contribution in [2.24, 2.45) is 0 Å². The topological polar surface area (TPSA) is 58.0 Å². The van der Waals surface area contributed by atoms with Crippen molar-refractivity contribution >= 4 is 5.95 Å². The molecule has 0 radical (unpaired) electrons. The molecule has 1 atom stereocenters. The second-order valence-corrected chi connectivity index (χ2v) is 2.96. The van der Waals surface area contributed by atoms with Gasteiger partial charge in [0.25, 0.3) is 0 Å². The molecule has 2 N–H and O–H groups in total. The van der Waals surface area contributed by atoms with Gasteiger partial charge in [-0.2, -0.15) is 0 Å². The van der Waals surface area contributed by atoms with Crippen LogP contribution in [0.4, 0.5) is 5.95 Å². The maximum atomic E-state index is 9.27. The molecule has 0 spiro atoms. The van der Waals surface area contributed by atoms with Gasteiger partial charge in [0.15, 0.2) is 0 Å². The number of hydrogen-bond donors (Lipinski definition) is 2.